The normalized spacial score (nSPS) is 16.5. The van der Waals surface area contributed by atoms with Crippen LogP contribution in [0.4, 0.5) is 9.52 Å². The number of aliphatic hydroxyl groups is 1. The van der Waals surface area contributed by atoms with Gasteiger partial charge in [0, 0.05) is 11.3 Å². The van der Waals surface area contributed by atoms with Gasteiger partial charge in [-0.2, -0.15) is 0 Å². The van der Waals surface area contributed by atoms with E-state index in [1.54, 1.807) is 54.6 Å². The molecule has 0 aliphatic carbocycles. The molecule has 2 heterocycles. The van der Waals surface area contributed by atoms with Crippen LogP contribution >= 0.6 is 46.3 Å². The smallest absolute Gasteiger partial charge is 0.301 e. The van der Waals surface area contributed by atoms with E-state index in [0.717, 1.165) is 16.9 Å². The molecule has 1 unspecified atom stereocenters. The molecule has 1 saturated heterocycles. The summed E-state index contributed by atoms with van der Waals surface area (Å²) in [5.74, 6) is -1.32. The number of benzene rings is 3. The summed E-state index contributed by atoms with van der Waals surface area (Å²) in [6, 6.07) is 16.3. The summed E-state index contributed by atoms with van der Waals surface area (Å²) in [5.41, 5.74) is 1.55. The standard InChI is InChI=1S/C28H20Cl2FN3O4S2/c1-2-38-19-10-5-16(6-11-19)24(35)22-23(17-7-12-20(29)21(30)13-17)34(26(37)25(22)36)27-32-33-28(40-27)39-14-15-3-8-18(31)9-4-15/h3-13,23,35H,2,14H2,1H3/b24-22-. The van der Waals surface area contributed by atoms with E-state index in [2.05, 4.69) is 10.2 Å². The zero-order valence-corrected chi connectivity index (χ0v) is 24.0. The number of rotatable bonds is 8. The van der Waals surface area contributed by atoms with Crippen LogP contribution in [0.1, 0.15) is 29.7 Å². The molecule has 0 spiro atoms. The molecule has 1 amide bonds. The minimum absolute atomic E-state index is 0.122. The lowest BCUT2D eigenvalue weighted by Crippen LogP contribution is -2.29. The summed E-state index contributed by atoms with van der Waals surface area (Å²) in [4.78, 5) is 28.0. The first-order valence-corrected chi connectivity index (χ1v) is 14.5. The van der Waals surface area contributed by atoms with Gasteiger partial charge in [-0.1, -0.05) is 64.5 Å². The molecule has 1 N–H and O–H groups in total. The summed E-state index contributed by atoms with van der Waals surface area (Å²) in [6.45, 7) is 2.33. The highest BCUT2D eigenvalue weighted by atomic mass is 35.5. The topological polar surface area (TPSA) is 92.6 Å². The fourth-order valence-electron chi connectivity index (χ4n) is 4.14. The van der Waals surface area contributed by atoms with E-state index in [4.69, 9.17) is 27.9 Å². The molecule has 1 aromatic heterocycles. The van der Waals surface area contributed by atoms with Crippen molar-refractivity contribution < 1.29 is 23.8 Å². The number of carbonyl (C=O) groups excluding carboxylic acids is 2. The monoisotopic (exact) mass is 615 g/mol. The molecule has 5 rings (SSSR count). The van der Waals surface area contributed by atoms with Crippen molar-refractivity contribution in [3.8, 4) is 5.75 Å². The average Bonchev–Trinajstić information content (AvgIpc) is 3.52. The van der Waals surface area contributed by atoms with Crippen LogP contribution in [-0.2, 0) is 15.3 Å². The zero-order chi connectivity index (χ0) is 28.4. The number of ether oxygens (including phenoxy) is 1. The number of carbonyl (C=O) groups is 2. The lowest BCUT2D eigenvalue weighted by Gasteiger charge is -2.23. The molecule has 204 valence electrons. The number of aliphatic hydroxyl groups excluding tert-OH is 1. The highest BCUT2D eigenvalue weighted by molar-refractivity contribution is 8.00. The molecule has 1 aliphatic heterocycles. The predicted molar refractivity (Wildman–Crippen MR) is 155 cm³/mol. The first kappa shape index (κ1) is 28.1. The third-order valence-corrected chi connectivity index (χ3v) is 8.89. The van der Waals surface area contributed by atoms with Crippen molar-refractivity contribution >= 4 is 68.9 Å². The molecule has 4 aromatic rings. The largest absolute Gasteiger partial charge is 0.507 e. The van der Waals surface area contributed by atoms with E-state index < -0.39 is 17.7 Å². The van der Waals surface area contributed by atoms with Crippen molar-refractivity contribution in [2.75, 3.05) is 11.5 Å². The van der Waals surface area contributed by atoms with E-state index >= 15 is 0 Å². The number of anilines is 1. The number of ketones is 1. The van der Waals surface area contributed by atoms with Crippen LogP contribution in [0.25, 0.3) is 5.76 Å². The van der Waals surface area contributed by atoms with Gasteiger partial charge in [0.15, 0.2) is 4.34 Å². The molecule has 1 aliphatic rings. The minimum Gasteiger partial charge on any atom is -0.507 e. The second-order valence-electron chi connectivity index (χ2n) is 8.57. The Bertz CT molecular complexity index is 1610. The van der Waals surface area contributed by atoms with Crippen molar-refractivity contribution in [3.63, 3.8) is 0 Å². The van der Waals surface area contributed by atoms with Gasteiger partial charge in [0.1, 0.15) is 17.3 Å². The molecule has 0 radical (unpaired) electrons. The van der Waals surface area contributed by atoms with Crippen molar-refractivity contribution in [2.45, 2.75) is 23.1 Å². The first-order valence-electron chi connectivity index (χ1n) is 12.0. The van der Waals surface area contributed by atoms with Crippen LogP contribution in [0.2, 0.25) is 10.0 Å². The molecular weight excluding hydrogens is 596 g/mol. The van der Waals surface area contributed by atoms with E-state index in [1.807, 2.05) is 6.92 Å². The molecule has 7 nitrogen and oxygen atoms in total. The summed E-state index contributed by atoms with van der Waals surface area (Å²) < 4.78 is 19.2. The Kier molecular flexibility index (Phi) is 8.41. The van der Waals surface area contributed by atoms with E-state index in [9.17, 15) is 19.1 Å². The first-order chi connectivity index (χ1) is 19.3. The van der Waals surface area contributed by atoms with Crippen molar-refractivity contribution in [3.05, 3.63) is 105 Å². The molecule has 3 aromatic carbocycles. The van der Waals surface area contributed by atoms with Crippen LogP contribution in [0.5, 0.6) is 5.75 Å². The number of nitrogens with zero attached hydrogens (tertiary/aromatic N) is 3. The molecule has 1 atom stereocenters. The number of aromatic nitrogens is 2. The predicted octanol–water partition coefficient (Wildman–Crippen LogP) is 7.30. The fraction of sp³-hybridized carbons (Fsp3) is 0.143. The van der Waals surface area contributed by atoms with Gasteiger partial charge < -0.3 is 9.84 Å². The van der Waals surface area contributed by atoms with Crippen LogP contribution < -0.4 is 9.64 Å². The van der Waals surface area contributed by atoms with Crippen molar-refractivity contribution in [2.24, 2.45) is 0 Å². The van der Waals surface area contributed by atoms with Gasteiger partial charge in [-0.3, -0.25) is 14.5 Å². The Morgan fingerprint density at radius 1 is 1.05 bits per heavy atom. The van der Waals surface area contributed by atoms with Gasteiger partial charge in [0.25, 0.3) is 5.78 Å². The van der Waals surface area contributed by atoms with Crippen molar-refractivity contribution in [1.82, 2.24) is 10.2 Å². The SMILES string of the molecule is CCOc1ccc(/C(O)=C2/C(=O)C(=O)N(c3nnc(SCc4ccc(F)cc4)s3)C2c2ccc(Cl)c(Cl)c2)cc1. The van der Waals surface area contributed by atoms with E-state index in [0.29, 0.717) is 38.6 Å². The average molecular weight is 617 g/mol. The number of halogens is 3. The maximum atomic E-state index is 13.4. The second kappa shape index (κ2) is 12.0. The molecule has 12 heteroatoms. The Morgan fingerprint density at radius 3 is 2.45 bits per heavy atom. The quantitative estimate of drug-likeness (QED) is 0.0730. The number of thioether (sulfide) groups is 1. The maximum Gasteiger partial charge on any atom is 0.301 e. The molecule has 0 bridgehead atoms. The molecule has 0 saturated carbocycles. The lowest BCUT2D eigenvalue weighted by atomic mass is 9.95. The van der Waals surface area contributed by atoms with Gasteiger partial charge in [0.2, 0.25) is 5.13 Å². The second-order valence-corrected chi connectivity index (χ2v) is 11.6. The Balaban J connectivity index is 1.53. The third kappa shape index (κ3) is 5.71. The minimum atomic E-state index is -1.04. The third-order valence-electron chi connectivity index (χ3n) is 6.02. The highest BCUT2D eigenvalue weighted by Crippen LogP contribution is 2.45. The number of hydrogen-bond donors (Lipinski definition) is 1. The maximum absolute atomic E-state index is 13.4. The van der Waals surface area contributed by atoms with Gasteiger partial charge in [0.05, 0.1) is 28.3 Å². The summed E-state index contributed by atoms with van der Waals surface area (Å²) in [7, 11) is 0. The van der Waals surface area contributed by atoms with Gasteiger partial charge in [-0.05, 0) is 66.6 Å². The molecule has 1 fully saturated rings. The van der Waals surface area contributed by atoms with Crippen LogP contribution in [-0.4, -0.2) is 33.6 Å². The summed E-state index contributed by atoms with van der Waals surface area (Å²) in [6.07, 6.45) is 0. The highest BCUT2D eigenvalue weighted by Gasteiger charge is 2.48. The van der Waals surface area contributed by atoms with E-state index in [1.165, 1.54) is 28.8 Å². The zero-order valence-electron chi connectivity index (χ0n) is 20.8. The van der Waals surface area contributed by atoms with Gasteiger partial charge in [-0.15, -0.1) is 10.2 Å². The number of Topliss-reactive ketones (excluding diaryl/α,β-unsaturated/α-hetero) is 1. The number of hydrogen-bond acceptors (Lipinski definition) is 8. The van der Waals surface area contributed by atoms with Gasteiger partial charge >= 0.3 is 5.91 Å². The van der Waals surface area contributed by atoms with Crippen LogP contribution in [0.3, 0.4) is 0 Å². The van der Waals surface area contributed by atoms with Crippen molar-refractivity contribution in [1.29, 1.82) is 0 Å². The Labute approximate surface area is 247 Å². The molecule has 40 heavy (non-hydrogen) atoms. The fourth-order valence-corrected chi connectivity index (χ4v) is 6.27. The van der Waals surface area contributed by atoms with E-state index in [-0.39, 0.29) is 27.3 Å². The summed E-state index contributed by atoms with van der Waals surface area (Å²) in [5, 5.41) is 20.4. The Hall–Kier alpha value is -3.44. The van der Waals surface area contributed by atoms with Gasteiger partial charge in [-0.25, -0.2) is 4.39 Å². The summed E-state index contributed by atoms with van der Waals surface area (Å²) >= 11 is 14.9. The molecular formula is C28H20Cl2FN3O4S2. The lowest BCUT2D eigenvalue weighted by molar-refractivity contribution is -0.132. The Morgan fingerprint density at radius 2 is 1.77 bits per heavy atom. The van der Waals surface area contributed by atoms with Crippen LogP contribution in [0, 0.1) is 5.82 Å². The van der Waals surface area contributed by atoms with Crippen LogP contribution in [0.15, 0.2) is 76.6 Å². The number of amides is 1.